The van der Waals surface area contributed by atoms with E-state index in [0.717, 1.165) is 37.6 Å². The van der Waals surface area contributed by atoms with Gasteiger partial charge in [0.2, 0.25) is 5.95 Å². The van der Waals surface area contributed by atoms with Gasteiger partial charge in [-0.15, -0.1) is 0 Å². The van der Waals surface area contributed by atoms with E-state index in [-0.39, 0.29) is 18.6 Å². The van der Waals surface area contributed by atoms with Crippen molar-refractivity contribution in [3.8, 4) is 0 Å². The number of aryl methyl sites for hydroxylation is 1. The van der Waals surface area contributed by atoms with Gasteiger partial charge in [0.25, 0.3) is 0 Å². The van der Waals surface area contributed by atoms with Gasteiger partial charge in [0.1, 0.15) is 10.7 Å². The monoisotopic (exact) mass is 483 g/mol. The van der Waals surface area contributed by atoms with Gasteiger partial charge in [0.15, 0.2) is 0 Å². The van der Waals surface area contributed by atoms with Gasteiger partial charge in [-0.3, -0.25) is 4.21 Å². The van der Waals surface area contributed by atoms with E-state index >= 15 is 0 Å². The maximum atomic E-state index is 12.6. The first-order valence-electron chi connectivity index (χ1n) is 10.5. The fourth-order valence-electron chi connectivity index (χ4n) is 3.91. The molecule has 4 rings (SSSR count). The number of piperazine rings is 1. The molecule has 2 aliphatic heterocycles. The topological polar surface area (TPSA) is 81.6 Å². The lowest BCUT2D eigenvalue weighted by Gasteiger charge is -2.36. The second-order valence-electron chi connectivity index (χ2n) is 8.23. The highest BCUT2D eigenvalue weighted by Gasteiger charge is 2.29. The molecule has 1 aromatic carbocycles. The van der Waals surface area contributed by atoms with Crippen LogP contribution < -0.4 is 15.1 Å². The molecule has 0 radical (unpaired) electrons. The van der Waals surface area contributed by atoms with Gasteiger partial charge in [-0.1, -0.05) is 37.0 Å². The third-order valence-electron chi connectivity index (χ3n) is 5.77. The standard InChI is InChI=1S/C21H27Cl2N5O2S/c1-13(2)18(12-29)24-20-19-17(3-8-31(19)30)25-21(26-20)28-6-4-27(5-7-28)16-10-14(22)9-15(23)11-16/h9-11,13,18,29H,3-8,12H2,1-2H3,(H,24,25,26)/t18-,31?/m0/s1. The summed E-state index contributed by atoms with van der Waals surface area (Å²) in [5.41, 5.74) is 1.85. The third-order valence-corrected chi connectivity index (χ3v) is 7.67. The number of hydrogen-bond acceptors (Lipinski definition) is 7. The van der Waals surface area contributed by atoms with E-state index in [1.165, 1.54) is 0 Å². The molecule has 1 saturated heterocycles. The molecule has 31 heavy (non-hydrogen) atoms. The van der Waals surface area contributed by atoms with E-state index in [0.29, 0.717) is 38.9 Å². The van der Waals surface area contributed by atoms with Crippen LogP contribution in [0.4, 0.5) is 17.5 Å². The van der Waals surface area contributed by atoms with Gasteiger partial charge >= 0.3 is 0 Å². The van der Waals surface area contributed by atoms with Crippen molar-refractivity contribution in [2.75, 3.05) is 53.7 Å². The quantitative estimate of drug-likeness (QED) is 0.652. The van der Waals surface area contributed by atoms with Crippen molar-refractivity contribution < 1.29 is 9.32 Å². The van der Waals surface area contributed by atoms with Crippen LogP contribution in [0, 0.1) is 5.92 Å². The van der Waals surface area contributed by atoms with Gasteiger partial charge in [-0.05, 0) is 24.1 Å². The minimum Gasteiger partial charge on any atom is -0.394 e. The fraction of sp³-hybridized carbons (Fsp3) is 0.524. The Kier molecular flexibility index (Phi) is 6.91. The average molecular weight is 484 g/mol. The first-order chi connectivity index (χ1) is 14.9. The Morgan fingerprint density at radius 1 is 1.10 bits per heavy atom. The van der Waals surface area contributed by atoms with Gasteiger partial charge in [-0.2, -0.15) is 4.98 Å². The molecular formula is C21H27Cl2N5O2S. The molecule has 2 aliphatic rings. The Morgan fingerprint density at radius 2 is 1.74 bits per heavy atom. The molecule has 1 unspecified atom stereocenters. The van der Waals surface area contributed by atoms with Crippen molar-refractivity contribution in [3.05, 3.63) is 33.9 Å². The maximum Gasteiger partial charge on any atom is 0.227 e. The number of aliphatic hydroxyl groups is 1. The van der Waals surface area contributed by atoms with Crippen molar-refractivity contribution in [2.24, 2.45) is 5.92 Å². The molecule has 10 heteroatoms. The van der Waals surface area contributed by atoms with Crippen LogP contribution >= 0.6 is 23.2 Å². The van der Waals surface area contributed by atoms with Gasteiger partial charge in [0, 0.05) is 54.1 Å². The average Bonchev–Trinajstić information content (AvgIpc) is 3.12. The number of aliphatic hydroxyl groups excluding tert-OH is 1. The Morgan fingerprint density at radius 3 is 2.35 bits per heavy atom. The molecule has 3 heterocycles. The van der Waals surface area contributed by atoms with Crippen LogP contribution in [0.25, 0.3) is 0 Å². The number of benzene rings is 1. The zero-order chi connectivity index (χ0) is 22.1. The van der Waals surface area contributed by atoms with Crippen molar-refractivity contribution in [1.82, 2.24) is 9.97 Å². The molecule has 168 valence electrons. The Bertz CT molecular complexity index is 962. The van der Waals surface area contributed by atoms with Gasteiger partial charge in [0.05, 0.1) is 29.1 Å². The SMILES string of the molecule is CC(C)[C@H](CO)Nc1nc(N2CCN(c3cc(Cl)cc(Cl)c3)CC2)nc2c1S(=O)CC2. The first-order valence-corrected chi connectivity index (χ1v) is 12.6. The molecule has 2 atom stereocenters. The molecule has 0 amide bonds. The molecular weight excluding hydrogens is 457 g/mol. The van der Waals surface area contributed by atoms with Crippen molar-refractivity contribution in [1.29, 1.82) is 0 Å². The summed E-state index contributed by atoms with van der Waals surface area (Å²) in [6.45, 7) is 7.13. The molecule has 0 bridgehead atoms. The minimum atomic E-state index is -1.11. The number of halogens is 2. The number of hydrogen-bond donors (Lipinski definition) is 2. The Labute approximate surface area is 195 Å². The maximum absolute atomic E-state index is 12.6. The summed E-state index contributed by atoms with van der Waals surface area (Å²) in [4.78, 5) is 14.6. The van der Waals surface area contributed by atoms with Crippen molar-refractivity contribution >= 4 is 51.5 Å². The zero-order valence-corrected chi connectivity index (χ0v) is 20.0. The van der Waals surface area contributed by atoms with Crippen LogP contribution in [-0.4, -0.2) is 63.9 Å². The molecule has 7 nitrogen and oxygen atoms in total. The highest BCUT2D eigenvalue weighted by molar-refractivity contribution is 7.85. The smallest absolute Gasteiger partial charge is 0.227 e. The number of nitrogens with one attached hydrogen (secondary N) is 1. The van der Waals surface area contributed by atoms with Gasteiger partial charge in [-0.25, -0.2) is 4.98 Å². The van der Waals surface area contributed by atoms with E-state index in [1.807, 2.05) is 26.0 Å². The normalized spacial score (nSPS) is 19.6. The number of rotatable bonds is 6. The van der Waals surface area contributed by atoms with Crippen LogP contribution in [0.5, 0.6) is 0 Å². The summed E-state index contributed by atoms with van der Waals surface area (Å²) in [5, 5.41) is 14.3. The van der Waals surface area contributed by atoms with Gasteiger partial charge < -0.3 is 20.2 Å². The molecule has 0 saturated carbocycles. The molecule has 0 aliphatic carbocycles. The van der Waals surface area contributed by atoms with E-state index in [9.17, 15) is 9.32 Å². The second kappa shape index (κ2) is 9.48. The Hall–Kier alpha value is -1.61. The van der Waals surface area contributed by atoms with Crippen LogP contribution in [0.1, 0.15) is 19.5 Å². The highest BCUT2D eigenvalue weighted by atomic mass is 35.5. The van der Waals surface area contributed by atoms with E-state index in [1.54, 1.807) is 6.07 Å². The van der Waals surface area contributed by atoms with E-state index < -0.39 is 10.8 Å². The van der Waals surface area contributed by atoms with Crippen molar-refractivity contribution in [3.63, 3.8) is 0 Å². The molecule has 1 aromatic heterocycles. The first kappa shape index (κ1) is 22.6. The lowest BCUT2D eigenvalue weighted by Crippen LogP contribution is -2.47. The lowest BCUT2D eigenvalue weighted by atomic mass is 10.1. The number of anilines is 3. The minimum absolute atomic E-state index is 0.0146. The van der Waals surface area contributed by atoms with Crippen LogP contribution in [0.3, 0.4) is 0 Å². The molecule has 0 spiro atoms. The number of aromatic nitrogens is 2. The summed E-state index contributed by atoms with van der Waals surface area (Å²) in [5.74, 6) is 2.01. The number of fused-ring (bicyclic) bond motifs is 1. The third kappa shape index (κ3) is 4.92. The van der Waals surface area contributed by atoms with Crippen LogP contribution in [-0.2, 0) is 17.2 Å². The van der Waals surface area contributed by atoms with Crippen LogP contribution in [0.2, 0.25) is 10.0 Å². The largest absolute Gasteiger partial charge is 0.394 e. The Balaban J connectivity index is 1.55. The fourth-order valence-corrected chi connectivity index (χ4v) is 5.74. The number of nitrogens with zero attached hydrogens (tertiary/aromatic N) is 4. The highest BCUT2D eigenvalue weighted by Crippen LogP contribution is 2.32. The zero-order valence-electron chi connectivity index (χ0n) is 17.6. The van der Waals surface area contributed by atoms with E-state index in [4.69, 9.17) is 33.2 Å². The molecule has 2 aromatic rings. The van der Waals surface area contributed by atoms with Crippen molar-refractivity contribution in [2.45, 2.75) is 31.2 Å². The lowest BCUT2D eigenvalue weighted by molar-refractivity contribution is 0.249. The molecule has 1 fully saturated rings. The summed E-state index contributed by atoms with van der Waals surface area (Å²) in [6.07, 6.45) is 0.679. The van der Waals surface area contributed by atoms with Crippen LogP contribution in [0.15, 0.2) is 23.1 Å². The second-order valence-corrected chi connectivity index (χ2v) is 10.6. The predicted octanol–water partition coefficient (Wildman–Crippen LogP) is 3.20. The summed E-state index contributed by atoms with van der Waals surface area (Å²) < 4.78 is 12.6. The predicted molar refractivity (Wildman–Crippen MR) is 127 cm³/mol. The molecule has 2 N–H and O–H groups in total. The summed E-state index contributed by atoms with van der Waals surface area (Å²) >= 11 is 12.3. The summed E-state index contributed by atoms with van der Waals surface area (Å²) in [6, 6.07) is 5.42. The van der Waals surface area contributed by atoms with E-state index in [2.05, 4.69) is 15.1 Å². The summed E-state index contributed by atoms with van der Waals surface area (Å²) in [7, 11) is -1.11.